The topological polar surface area (TPSA) is 46.5 Å². The highest BCUT2D eigenvalue weighted by Crippen LogP contribution is 2.29. The predicted molar refractivity (Wildman–Crippen MR) is 49.3 cm³/mol. The number of aliphatic hydroxyl groups excluding tert-OH is 1. The zero-order valence-corrected chi connectivity index (χ0v) is 8.01. The van der Waals surface area contributed by atoms with Crippen LogP contribution >= 0.6 is 0 Å². The lowest BCUT2D eigenvalue weighted by Gasteiger charge is -2.33. The maximum absolute atomic E-state index is 10.4. The second-order valence-electron chi connectivity index (χ2n) is 3.50. The second-order valence-corrected chi connectivity index (χ2v) is 3.50. The Morgan fingerprint density at radius 3 is 2.77 bits per heavy atom. The van der Waals surface area contributed by atoms with Crippen LogP contribution in [0.4, 0.5) is 0 Å². The number of hydrogen-bond acceptors (Lipinski definition) is 3. The van der Waals surface area contributed by atoms with Gasteiger partial charge < -0.3 is 14.6 Å². The lowest BCUT2D eigenvalue weighted by Crippen LogP contribution is -2.36. The molecule has 0 saturated heterocycles. The fourth-order valence-electron chi connectivity index (χ4n) is 1.85. The maximum Gasteiger partial charge on any atom is 0.120 e. The van der Waals surface area contributed by atoms with Crippen LogP contribution in [0.15, 0.2) is 12.2 Å². The van der Waals surface area contributed by atoms with Crippen molar-refractivity contribution in [1.29, 1.82) is 0 Å². The normalized spacial score (nSPS) is 39.0. The van der Waals surface area contributed by atoms with Crippen LogP contribution in [-0.4, -0.2) is 30.7 Å². The van der Waals surface area contributed by atoms with Gasteiger partial charge in [-0.15, -0.1) is 0 Å². The molecule has 0 amide bonds. The van der Waals surface area contributed by atoms with E-state index in [4.69, 9.17) is 4.74 Å². The molecule has 0 spiro atoms. The zero-order chi connectivity index (χ0) is 9.84. The van der Waals surface area contributed by atoms with E-state index in [-0.39, 0.29) is 17.9 Å². The molecule has 4 unspecified atom stereocenters. The van der Waals surface area contributed by atoms with Crippen LogP contribution in [0.5, 0.6) is 0 Å². The second kappa shape index (κ2) is 4.53. The number of hydrogen-bond donors (Lipinski definition) is 1. The molecule has 3 nitrogen and oxygen atoms in total. The van der Waals surface area contributed by atoms with E-state index in [0.29, 0.717) is 6.42 Å². The van der Waals surface area contributed by atoms with Gasteiger partial charge in [0.25, 0.3) is 0 Å². The van der Waals surface area contributed by atoms with E-state index < -0.39 is 6.10 Å². The number of ether oxygens (including phenoxy) is 1. The Hall–Kier alpha value is -0.670. The Morgan fingerprint density at radius 2 is 2.23 bits per heavy atom. The molecule has 0 aromatic heterocycles. The highest BCUT2D eigenvalue weighted by Gasteiger charge is 2.31. The SMILES string of the molecule is COC1C=CC(O)C(CC=O)C1C. The highest BCUT2D eigenvalue weighted by atomic mass is 16.5. The fraction of sp³-hybridized carbons (Fsp3) is 0.700. The third-order valence-corrected chi connectivity index (χ3v) is 2.77. The standard InChI is InChI=1S/C10H16O3/c1-7-8(5-6-11)9(12)3-4-10(7)13-2/h3-4,6-10,12H,5H2,1-2H3. The molecule has 1 aliphatic carbocycles. The quantitative estimate of drug-likeness (QED) is 0.520. The first-order valence-electron chi connectivity index (χ1n) is 4.53. The van der Waals surface area contributed by atoms with Crippen LogP contribution in [0, 0.1) is 11.8 Å². The Kier molecular flexibility index (Phi) is 3.63. The van der Waals surface area contributed by atoms with Crippen molar-refractivity contribution in [3.05, 3.63) is 12.2 Å². The third kappa shape index (κ3) is 2.17. The molecular formula is C10H16O3. The van der Waals surface area contributed by atoms with Gasteiger partial charge in [0.2, 0.25) is 0 Å². The van der Waals surface area contributed by atoms with E-state index in [9.17, 15) is 9.90 Å². The molecule has 3 heteroatoms. The van der Waals surface area contributed by atoms with Crippen LogP contribution in [-0.2, 0) is 9.53 Å². The van der Waals surface area contributed by atoms with Crippen LogP contribution < -0.4 is 0 Å². The van der Waals surface area contributed by atoms with E-state index in [1.807, 2.05) is 13.0 Å². The minimum Gasteiger partial charge on any atom is -0.389 e. The summed E-state index contributed by atoms with van der Waals surface area (Å²) in [5.41, 5.74) is 0. The van der Waals surface area contributed by atoms with Gasteiger partial charge in [-0.2, -0.15) is 0 Å². The minimum atomic E-state index is -0.508. The van der Waals surface area contributed by atoms with Crippen LogP contribution in [0.2, 0.25) is 0 Å². The molecule has 74 valence electrons. The van der Waals surface area contributed by atoms with Crippen LogP contribution in [0.1, 0.15) is 13.3 Å². The van der Waals surface area contributed by atoms with Gasteiger partial charge in [0.05, 0.1) is 12.2 Å². The van der Waals surface area contributed by atoms with Gasteiger partial charge in [-0.05, 0) is 5.92 Å². The molecule has 1 rings (SSSR count). The van der Waals surface area contributed by atoms with Gasteiger partial charge >= 0.3 is 0 Å². The Morgan fingerprint density at radius 1 is 1.54 bits per heavy atom. The van der Waals surface area contributed by atoms with Crippen molar-refractivity contribution in [2.75, 3.05) is 7.11 Å². The van der Waals surface area contributed by atoms with Gasteiger partial charge in [-0.3, -0.25) is 0 Å². The fourth-order valence-corrected chi connectivity index (χ4v) is 1.85. The smallest absolute Gasteiger partial charge is 0.120 e. The lowest BCUT2D eigenvalue weighted by molar-refractivity contribution is -0.110. The average Bonchev–Trinajstić information content (AvgIpc) is 2.12. The van der Waals surface area contributed by atoms with Crippen molar-refractivity contribution in [2.24, 2.45) is 11.8 Å². The van der Waals surface area contributed by atoms with Gasteiger partial charge in [0.15, 0.2) is 0 Å². The molecule has 0 fully saturated rings. The Balaban J connectivity index is 2.71. The number of methoxy groups -OCH3 is 1. The van der Waals surface area contributed by atoms with Crippen molar-refractivity contribution in [1.82, 2.24) is 0 Å². The minimum absolute atomic E-state index is 0.00699. The average molecular weight is 184 g/mol. The van der Waals surface area contributed by atoms with E-state index in [0.717, 1.165) is 6.29 Å². The van der Waals surface area contributed by atoms with Crippen molar-refractivity contribution >= 4 is 6.29 Å². The largest absolute Gasteiger partial charge is 0.389 e. The first-order chi connectivity index (χ1) is 6.20. The molecule has 1 N–H and O–H groups in total. The van der Waals surface area contributed by atoms with Crippen molar-refractivity contribution in [2.45, 2.75) is 25.6 Å². The molecule has 4 atom stereocenters. The molecular weight excluding hydrogens is 168 g/mol. The number of aldehydes is 1. The molecule has 0 saturated carbocycles. The van der Waals surface area contributed by atoms with Crippen molar-refractivity contribution in [3.8, 4) is 0 Å². The Bertz CT molecular complexity index is 200. The number of aliphatic hydroxyl groups is 1. The predicted octanol–water partition coefficient (Wildman–Crippen LogP) is 0.773. The summed E-state index contributed by atoms with van der Waals surface area (Å²) in [4.78, 5) is 10.4. The summed E-state index contributed by atoms with van der Waals surface area (Å²) in [6.45, 7) is 2.00. The van der Waals surface area contributed by atoms with Gasteiger partial charge in [0, 0.05) is 19.4 Å². The number of carbonyl (C=O) groups is 1. The summed E-state index contributed by atoms with van der Waals surface area (Å²) in [5.74, 6) is 0.183. The maximum atomic E-state index is 10.4. The molecule has 0 aromatic rings. The van der Waals surface area contributed by atoms with Crippen LogP contribution in [0.3, 0.4) is 0 Å². The van der Waals surface area contributed by atoms with Crippen molar-refractivity contribution < 1.29 is 14.6 Å². The highest BCUT2D eigenvalue weighted by molar-refractivity contribution is 5.50. The van der Waals surface area contributed by atoms with Gasteiger partial charge in [0.1, 0.15) is 6.29 Å². The van der Waals surface area contributed by atoms with E-state index in [1.54, 1.807) is 13.2 Å². The molecule has 13 heavy (non-hydrogen) atoms. The summed E-state index contributed by atoms with van der Waals surface area (Å²) in [5, 5.41) is 9.58. The van der Waals surface area contributed by atoms with Crippen molar-refractivity contribution in [3.63, 3.8) is 0 Å². The van der Waals surface area contributed by atoms with Gasteiger partial charge in [-0.1, -0.05) is 19.1 Å². The number of rotatable bonds is 3. The molecule has 0 radical (unpaired) electrons. The monoisotopic (exact) mass is 184 g/mol. The first kappa shape index (κ1) is 10.4. The summed E-state index contributed by atoms with van der Waals surface area (Å²) < 4.78 is 5.21. The first-order valence-corrected chi connectivity index (χ1v) is 4.53. The summed E-state index contributed by atoms with van der Waals surface area (Å²) >= 11 is 0. The molecule has 0 bridgehead atoms. The van der Waals surface area contributed by atoms with E-state index in [2.05, 4.69) is 0 Å². The third-order valence-electron chi connectivity index (χ3n) is 2.77. The Labute approximate surface area is 78.4 Å². The summed E-state index contributed by atoms with van der Waals surface area (Å²) in [7, 11) is 1.64. The van der Waals surface area contributed by atoms with E-state index >= 15 is 0 Å². The molecule has 0 aromatic carbocycles. The zero-order valence-electron chi connectivity index (χ0n) is 8.01. The molecule has 1 aliphatic rings. The summed E-state index contributed by atoms with van der Waals surface area (Å²) in [6, 6.07) is 0. The van der Waals surface area contributed by atoms with Crippen LogP contribution in [0.25, 0.3) is 0 Å². The number of carbonyl (C=O) groups excluding carboxylic acids is 1. The van der Waals surface area contributed by atoms with E-state index in [1.165, 1.54) is 0 Å². The molecule has 0 aliphatic heterocycles. The summed E-state index contributed by atoms with van der Waals surface area (Å²) in [6.07, 6.45) is 4.34. The van der Waals surface area contributed by atoms with Gasteiger partial charge in [-0.25, -0.2) is 0 Å². The molecule has 0 heterocycles. The lowest BCUT2D eigenvalue weighted by atomic mass is 9.79.